The van der Waals surface area contributed by atoms with Gasteiger partial charge in [-0.1, -0.05) is 12.1 Å². The molecule has 31 heavy (non-hydrogen) atoms. The smallest absolute Gasteiger partial charge is 0.223 e. The first-order chi connectivity index (χ1) is 15.1. The van der Waals surface area contributed by atoms with E-state index in [2.05, 4.69) is 36.5 Å². The highest BCUT2D eigenvalue weighted by atomic mass is 32.1. The number of aromatic nitrogens is 6. The minimum atomic E-state index is 0.445. The zero-order chi connectivity index (χ0) is 21.4. The zero-order valence-electron chi connectivity index (χ0n) is 16.8. The van der Waals surface area contributed by atoms with Crippen molar-refractivity contribution in [1.29, 1.82) is 0 Å². The SMILES string of the molecule is CN(Cc1cccc2[nH]ncc12)/N=C\c1c(C=O)n(C)c2nc(Cc3nnco3)sc12. The fraction of sp³-hybridized carbons (Fsp3) is 0.200. The average Bonchev–Trinajstić information content (AvgIpc) is 3.54. The van der Waals surface area contributed by atoms with Crippen LogP contribution in [-0.4, -0.2) is 54.5 Å². The molecule has 0 atom stereocenters. The Morgan fingerprint density at radius 1 is 1.39 bits per heavy atom. The number of benzene rings is 1. The number of fused-ring (bicyclic) bond motifs is 2. The second-order valence-corrected chi connectivity index (χ2v) is 8.14. The molecular formula is C20H18N8O2S. The molecule has 0 saturated heterocycles. The van der Waals surface area contributed by atoms with Crippen LogP contribution in [0.5, 0.6) is 0 Å². The van der Waals surface area contributed by atoms with Crippen molar-refractivity contribution < 1.29 is 9.21 Å². The second kappa shape index (κ2) is 7.76. The van der Waals surface area contributed by atoms with Crippen LogP contribution >= 0.6 is 11.3 Å². The number of hydrogen-bond donors (Lipinski definition) is 1. The third-order valence-electron chi connectivity index (χ3n) is 5.03. The molecule has 0 radical (unpaired) electrons. The van der Waals surface area contributed by atoms with E-state index in [0.29, 0.717) is 24.6 Å². The summed E-state index contributed by atoms with van der Waals surface area (Å²) in [6.45, 7) is 0.602. The maximum absolute atomic E-state index is 11.7. The summed E-state index contributed by atoms with van der Waals surface area (Å²) in [7, 11) is 3.72. The highest BCUT2D eigenvalue weighted by Gasteiger charge is 2.19. The number of carbonyl (C=O) groups is 1. The lowest BCUT2D eigenvalue weighted by Gasteiger charge is -2.13. The molecule has 0 unspecified atom stereocenters. The van der Waals surface area contributed by atoms with Crippen LogP contribution in [0.3, 0.4) is 0 Å². The molecule has 1 N–H and O–H groups in total. The van der Waals surface area contributed by atoms with Crippen LogP contribution in [-0.2, 0) is 20.0 Å². The summed E-state index contributed by atoms with van der Waals surface area (Å²) in [5.41, 5.74) is 4.11. The number of hydrogen-bond acceptors (Lipinski definition) is 9. The maximum atomic E-state index is 11.7. The van der Waals surface area contributed by atoms with Gasteiger partial charge in [-0.15, -0.1) is 21.5 Å². The number of H-pyrrole nitrogens is 1. The molecule has 0 aliphatic carbocycles. The zero-order valence-corrected chi connectivity index (χ0v) is 17.6. The Hall–Kier alpha value is -3.86. The lowest BCUT2D eigenvalue weighted by molar-refractivity contribution is 0.111. The Kier molecular flexibility index (Phi) is 4.79. The number of hydrazone groups is 1. The Balaban J connectivity index is 1.44. The summed E-state index contributed by atoms with van der Waals surface area (Å²) in [4.78, 5) is 16.4. The fourth-order valence-corrected chi connectivity index (χ4v) is 4.63. The van der Waals surface area contributed by atoms with E-state index in [1.54, 1.807) is 10.8 Å². The number of rotatable bonds is 7. The van der Waals surface area contributed by atoms with Crippen LogP contribution < -0.4 is 0 Å². The first kappa shape index (κ1) is 19.1. The van der Waals surface area contributed by atoms with E-state index in [9.17, 15) is 4.79 Å². The summed E-state index contributed by atoms with van der Waals surface area (Å²) in [6, 6.07) is 6.02. The van der Waals surface area contributed by atoms with E-state index < -0.39 is 0 Å². The van der Waals surface area contributed by atoms with E-state index in [4.69, 9.17) is 4.42 Å². The highest BCUT2D eigenvalue weighted by Crippen LogP contribution is 2.30. The monoisotopic (exact) mass is 434 g/mol. The standard InChI is InChI=1S/C20H18N8O2S/c1-27(9-12-4-3-5-15-13(12)7-21-25-15)23-8-14-16(10-29)28(2)20-19(14)31-18(24-20)6-17-26-22-11-30-17/h3-5,7-8,10-11H,6,9H2,1-2H3,(H,21,25)/b23-8-. The highest BCUT2D eigenvalue weighted by molar-refractivity contribution is 7.19. The number of aryl methyl sites for hydroxylation is 1. The third kappa shape index (κ3) is 3.48. The first-order valence-corrected chi connectivity index (χ1v) is 10.3. The predicted octanol–water partition coefficient (Wildman–Crippen LogP) is 2.76. The van der Waals surface area contributed by atoms with Gasteiger partial charge in [-0.2, -0.15) is 10.2 Å². The quantitative estimate of drug-likeness (QED) is 0.238. The molecule has 0 aliphatic rings. The molecule has 5 aromatic rings. The molecule has 0 fully saturated rings. The molecule has 0 amide bonds. The van der Waals surface area contributed by atoms with Gasteiger partial charge in [0.05, 0.1) is 41.3 Å². The molecule has 0 aliphatic heterocycles. The van der Waals surface area contributed by atoms with Crippen LogP contribution in [0.4, 0.5) is 0 Å². The summed E-state index contributed by atoms with van der Waals surface area (Å²) in [5, 5.41) is 23.0. The molecular weight excluding hydrogens is 416 g/mol. The number of nitrogens with one attached hydrogen (secondary N) is 1. The molecule has 0 saturated carbocycles. The van der Waals surface area contributed by atoms with Crippen LogP contribution in [0.1, 0.15) is 32.5 Å². The van der Waals surface area contributed by atoms with Crippen LogP contribution in [0.15, 0.2) is 40.3 Å². The Morgan fingerprint density at radius 2 is 2.29 bits per heavy atom. The van der Waals surface area contributed by atoms with Gasteiger partial charge in [-0.3, -0.25) is 14.9 Å². The summed E-state index contributed by atoms with van der Waals surface area (Å²) >= 11 is 1.49. The number of nitrogens with zero attached hydrogens (tertiary/aromatic N) is 7. The van der Waals surface area contributed by atoms with Gasteiger partial charge in [-0.25, -0.2) is 4.98 Å². The third-order valence-corrected chi connectivity index (χ3v) is 6.11. The number of thiazole rings is 1. The average molecular weight is 434 g/mol. The Labute approximate surface area is 180 Å². The van der Waals surface area contributed by atoms with Crippen molar-refractivity contribution in [3.8, 4) is 0 Å². The van der Waals surface area contributed by atoms with Crippen molar-refractivity contribution in [3.63, 3.8) is 0 Å². The van der Waals surface area contributed by atoms with E-state index >= 15 is 0 Å². The van der Waals surface area contributed by atoms with Crippen molar-refractivity contribution in [1.82, 2.24) is 35.0 Å². The minimum absolute atomic E-state index is 0.445. The van der Waals surface area contributed by atoms with Gasteiger partial charge in [-0.05, 0) is 11.6 Å². The fourth-order valence-electron chi connectivity index (χ4n) is 3.53. The van der Waals surface area contributed by atoms with E-state index in [1.165, 1.54) is 17.7 Å². The minimum Gasteiger partial charge on any atom is -0.428 e. The van der Waals surface area contributed by atoms with Gasteiger partial charge in [0.15, 0.2) is 11.9 Å². The number of aromatic amines is 1. The summed E-state index contributed by atoms with van der Waals surface area (Å²) in [6.07, 6.45) is 6.11. The topological polar surface area (TPSA) is 118 Å². The van der Waals surface area contributed by atoms with Crippen LogP contribution in [0.2, 0.25) is 0 Å². The van der Waals surface area contributed by atoms with Crippen molar-refractivity contribution in [2.45, 2.75) is 13.0 Å². The maximum Gasteiger partial charge on any atom is 0.223 e. The molecule has 0 bridgehead atoms. The predicted molar refractivity (Wildman–Crippen MR) is 116 cm³/mol. The summed E-state index contributed by atoms with van der Waals surface area (Å²) in [5.74, 6) is 0.498. The second-order valence-electron chi connectivity index (χ2n) is 7.05. The van der Waals surface area contributed by atoms with Gasteiger partial charge in [0, 0.05) is 25.0 Å². The molecule has 11 heteroatoms. The molecule has 5 rings (SSSR count). The Morgan fingerprint density at radius 3 is 3.10 bits per heavy atom. The van der Waals surface area contributed by atoms with E-state index in [1.807, 2.05) is 37.4 Å². The Bertz CT molecular complexity index is 1400. The van der Waals surface area contributed by atoms with Gasteiger partial charge >= 0.3 is 0 Å². The van der Waals surface area contributed by atoms with Crippen LogP contribution in [0.25, 0.3) is 21.3 Å². The summed E-state index contributed by atoms with van der Waals surface area (Å²) < 4.78 is 7.90. The lowest BCUT2D eigenvalue weighted by atomic mass is 10.1. The largest absolute Gasteiger partial charge is 0.428 e. The lowest BCUT2D eigenvalue weighted by Crippen LogP contribution is -2.11. The van der Waals surface area contributed by atoms with Crippen LogP contribution in [0, 0.1) is 0 Å². The molecule has 1 aromatic carbocycles. The number of aldehydes is 1. The van der Waals surface area contributed by atoms with Gasteiger partial charge in [0.25, 0.3) is 0 Å². The number of carbonyl (C=O) groups excluding carboxylic acids is 1. The van der Waals surface area contributed by atoms with Crippen molar-refractivity contribution >= 4 is 45.1 Å². The van der Waals surface area contributed by atoms with Crippen molar-refractivity contribution in [2.24, 2.45) is 12.1 Å². The van der Waals surface area contributed by atoms with Gasteiger partial charge < -0.3 is 8.98 Å². The van der Waals surface area contributed by atoms with E-state index in [-0.39, 0.29) is 0 Å². The molecule has 4 aromatic heterocycles. The first-order valence-electron chi connectivity index (χ1n) is 9.48. The van der Waals surface area contributed by atoms with Crippen molar-refractivity contribution in [3.05, 3.63) is 58.5 Å². The van der Waals surface area contributed by atoms with Gasteiger partial charge in [0.2, 0.25) is 12.3 Å². The van der Waals surface area contributed by atoms with E-state index in [0.717, 1.165) is 43.7 Å². The van der Waals surface area contributed by atoms with Crippen molar-refractivity contribution in [2.75, 3.05) is 7.05 Å². The molecule has 0 spiro atoms. The normalized spacial score (nSPS) is 11.8. The molecule has 156 valence electrons. The van der Waals surface area contributed by atoms with Gasteiger partial charge in [0.1, 0.15) is 5.01 Å². The molecule has 4 heterocycles. The molecule has 10 nitrogen and oxygen atoms in total.